The molecule has 0 aromatic heterocycles. The van der Waals surface area contributed by atoms with Crippen molar-refractivity contribution in [3.8, 4) is 11.1 Å². The van der Waals surface area contributed by atoms with E-state index in [9.17, 15) is 0 Å². The Kier molecular flexibility index (Phi) is 10.9. The van der Waals surface area contributed by atoms with Crippen LogP contribution in [0.1, 0.15) is 121 Å². The predicted molar refractivity (Wildman–Crippen MR) is 142 cm³/mol. The minimum absolute atomic E-state index is 0.781. The molecule has 0 saturated heterocycles. The molecule has 1 aliphatic rings. The van der Waals surface area contributed by atoms with Crippen molar-refractivity contribution in [2.75, 3.05) is 0 Å². The van der Waals surface area contributed by atoms with Crippen LogP contribution in [0.4, 0.5) is 0 Å². The highest BCUT2D eigenvalue weighted by Crippen LogP contribution is 2.38. The Morgan fingerprint density at radius 2 is 1.25 bits per heavy atom. The van der Waals surface area contributed by atoms with Gasteiger partial charge in [0.2, 0.25) is 0 Å². The molecular weight excluding hydrogens is 384 g/mol. The van der Waals surface area contributed by atoms with E-state index in [1.165, 1.54) is 107 Å². The summed E-state index contributed by atoms with van der Waals surface area (Å²) in [6, 6.07) is 18.9. The van der Waals surface area contributed by atoms with Gasteiger partial charge < -0.3 is 0 Å². The lowest BCUT2D eigenvalue weighted by Gasteiger charge is -2.29. The zero-order chi connectivity index (χ0) is 22.6. The molecule has 0 heterocycles. The summed E-state index contributed by atoms with van der Waals surface area (Å²) in [4.78, 5) is 0. The summed E-state index contributed by atoms with van der Waals surface area (Å²) in [7, 11) is 0. The maximum Gasteiger partial charge on any atom is -0.0162 e. The highest BCUT2D eigenvalue weighted by molar-refractivity contribution is 5.64. The van der Waals surface area contributed by atoms with E-state index in [0.717, 1.165) is 17.8 Å². The number of benzene rings is 2. The number of rotatable bonds is 13. The Bertz CT molecular complexity index is 729. The normalized spacial score (nSPS) is 18.9. The standard InChI is InChI=1S/C32H48/c1-4-5-6-7-8-9-10-11-27-14-18-29(19-15-27)31-22-24-32(25-23-31)30-20-16-28(17-21-30)13-12-26(2)3/h14-15,18-19,22-26,28,30H,4-13,16-17,20-21H2,1-3H3. The Hall–Kier alpha value is -1.56. The quantitative estimate of drug-likeness (QED) is 0.276. The zero-order valence-corrected chi connectivity index (χ0v) is 21.3. The van der Waals surface area contributed by atoms with Crippen LogP contribution < -0.4 is 0 Å². The van der Waals surface area contributed by atoms with Crippen LogP contribution in [0, 0.1) is 11.8 Å². The number of hydrogen-bond acceptors (Lipinski definition) is 0. The molecule has 2 aromatic rings. The van der Waals surface area contributed by atoms with Crippen molar-refractivity contribution < 1.29 is 0 Å². The highest BCUT2D eigenvalue weighted by atomic mass is 14.3. The molecule has 0 spiro atoms. The van der Waals surface area contributed by atoms with Crippen molar-refractivity contribution in [2.45, 2.75) is 117 Å². The molecule has 1 saturated carbocycles. The van der Waals surface area contributed by atoms with Crippen molar-refractivity contribution in [2.24, 2.45) is 11.8 Å². The van der Waals surface area contributed by atoms with E-state index in [1.54, 1.807) is 5.56 Å². The first-order valence-corrected chi connectivity index (χ1v) is 13.8. The van der Waals surface area contributed by atoms with E-state index < -0.39 is 0 Å². The molecule has 0 bridgehead atoms. The summed E-state index contributed by atoms with van der Waals surface area (Å²) in [5, 5.41) is 0. The second-order valence-electron chi connectivity index (χ2n) is 10.9. The molecule has 1 fully saturated rings. The third-order valence-electron chi connectivity index (χ3n) is 7.74. The van der Waals surface area contributed by atoms with Gasteiger partial charge in [-0.25, -0.2) is 0 Å². The fourth-order valence-electron chi connectivity index (χ4n) is 5.45. The second-order valence-corrected chi connectivity index (χ2v) is 10.9. The molecule has 0 atom stereocenters. The van der Waals surface area contributed by atoms with Crippen molar-refractivity contribution >= 4 is 0 Å². The molecule has 1 aliphatic carbocycles. The molecule has 0 N–H and O–H groups in total. The van der Waals surface area contributed by atoms with Crippen LogP contribution in [0.2, 0.25) is 0 Å². The Labute approximate surface area is 199 Å². The van der Waals surface area contributed by atoms with E-state index in [0.29, 0.717) is 0 Å². The fourth-order valence-corrected chi connectivity index (χ4v) is 5.45. The lowest BCUT2D eigenvalue weighted by atomic mass is 9.76. The second kappa shape index (κ2) is 13.9. The van der Waals surface area contributed by atoms with Crippen LogP contribution >= 0.6 is 0 Å². The van der Waals surface area contributed by atoms with Gasteiger partial charge in [0.1, 0.15) is 0 Å². The van der Waals surface area contributed by atoms with Gasteiger partial charge in [-0.15, -0.1) is 0 Å². The molecule has 32 heavy (non-hydrogen) atoms. The molecule has 0 heteroatoms. The summed E-state index contributed by atoms with van der Waals surface area (Å²) in [5.74, 6) is 2.62. The smallest absolute Gasteiger partial charge is 0.0162 e. The fraction of sp³-hybridized carbons (Fsp3) is 0.625. The van der Waals surface area contributed by atoms with Crippen molar-refractivity contribution in [1.82, 2.24) is 0 Å². The van der Waals surface area contributed by atoms with Gasteiger partial charge in [-0.3, -0.25) is 0 Å². The first-order valence-electron chi connectivity index (χ1n) is 13.8. The van der Waals surface area contributed by atoms with Crippen molar-refractivity contribution in [3.05, 3.63) is 59.7 Å². The monoisotopic (exact) mass is 432 g/mol. The van der Waals surface area contributed by atoms with Gasteiger partial charge in [-0.1, -0.05) is 121 Å². The van der Waals surface area contributed by atoms with E-state index in [1.807, 2.05) is 0 Å². The summed E-state index contributed by atoms with van der Waals surface area (Å²) >= 11 is 0. The summed E-state index contributed by atoms with van der Waals surface area (Å²) in [6.45, 7) is 7.01. The maximum absolute atomic E-state index is 2.40. The third-order valence-corrected chi connectivity index (χ3v) is 7.74. The van der Waals surface area contributed by atoms with Gasteiger partial charge in [0.25, 0.3) is 0 Å². The number of unbranched alkanes of at least 4 members (excludes halogenated alkanes) is 6. The molecule has 0 nitrogen and oxygen atoms in total. The van der Waals surface area contributed by atoms with Gasteiger partial charge >= 0.3 is 0 Å². The topological polar surface area (TPSA) is 0 Å². The number of hydrogen-bond donors (Lipinski definition) is 0. The predicted octanol–water partition coefficient (Wildman–Crippen LogP) is 10.4. The minimum atomic E-state index is 0.781. The van der Waals surface area contributed by atoms with Crippen LogP contribution in [0.25, 0.3) is 11.1 Å². The van der Waals surface area contributed by atoms with E-state index >= 15 is 0 Å². The Morgan fingerprint density at radius 1 is 0.688 bits per heavy atom. The lowest BCUT2D eigenvalue weighted by Crippen LogP contribution is -2.14. The zero-order valence-electron chi connectivity index (χ0n) is 21.3. The van der Waals surface area contributed by atoms with Crippen LogP contribution in [0.5, 0.6) is 0 Å². The van der Waals surface area contributed by atoms with Crippen LogP contribution in [0.15, 0.2) is 48.5 Å². The first kappa shape index (κ1) is 25.1. The van der Waals surface area contributed by atoms with Gasteiger partial charge in [-0.05, 0) is 78.5 Å². The summed E-state index contributed by atoms with van der Waals surface area (Å²) < 4.78 is 0. The van der Waals surface area contributed by atoms with Gasteiger partial charge in [0.05, 0.1) is 0 Å². The maximum atomic E-state index is 2.40. The summed E-state index contributed by atoms with van der Waals surface area (Å²) in [6.07, 6.45) is 19.4. The molecular formula is C32H48. The van der Waals surface area contributed by atoms with Crippen LogP contribution in [-0.4, -0.2) is 0 Å². The molecule has 0 unspecified atom stereocenters. The minimum Gasteiger partial charge on any atom is -0.0654 e. The molecule has 3 rings (SSSR count). The highest BCUT2D eigenvalue weighted by Gasteiger charge is 2.22. The summed E-state index contributed by atoms with van der Waals surface area (Å²) in [5.41, 5.74) is 5.78. The Balaban J connectivity index is 1.42. The van der Waals surface area contributed by atoms with E-state index in [-0.39, 0.29) is 0 Å². The lowest BCUT2D eigenvalue weighted by molar-refractivity contribution is 0.293. The van der Waals surface area contributed by atoms with E-state index in [4.69, 9.17) is 0 Å². The average Bonchev–Trinajstić information content (AvgIpc) is 2.83. The molecule has 176 valence electrons. The van der Waals surface area contributed by atoms with Gasteiger partial charge in [0, 0.05) is 0 Å². The van der Waals surface area contributed by atoms with Gasteiger partial charge in [0.15, 0.2) is 0 Å². The molecule has 0 amide bonds. The van der Waals surface area contributed by atoms with Gasteiger partial charge in [-0.2, -0.15) is 0 Å². The van der Waals surface area contributed by atoms with E-state index in [2.05, 4.69) is 69.3 Å². The third kappa shape index (κ3) is 8.42. The van der Waals surface area contributed by atoms with Crippen molar-refractivity contribution in [3.63, 3.8) is 0 Å². The first-order chi connectivity index (χ1) is 15.7. The molecule has 0 radical (unpaired) electrons. The van der Waals surface area contributed by atoms with Crippen LogP contribution in [0.3, 0.4) is 0 Å². The Morgan fingerprint density at radius 3 is 1.84 bits per heavy atom. The average molecular weight is 433 g/mol. The van der Waals surface area contributed by atoms with Crippen molar-refractivity contribution in [1.29, 1.82) is 0 Å². The SMILES string of the molecule is CCCCCCCCCc1ccc(-c2ccc(C3CCC(CCC(C)C)CC3)cc2)cc1. The molecule has 2 aromatic carbocycles. The molecule has 0 aliphatic heterocycles. The van der Waals surface area contributed by atoms with Crippen LogP contribution in [-0.2, 0) is 6.42 Å². The number of aryl methyl sites for hydroxylation is 1. The largest absolute Gasteiger partial charge is 0.0654 e.